The Morgan fingerprint density at radius 3 is 2.47 bits per heavy atom. The van der Waals surface area contributed by atoms with Crippen molar-refractivity contribution in [3.63, 3.8) is 0 Å². The van der Waals surface area contributed by atoms with E-state index in [2.05, 4.69) is 17.6 Å². The molecule has 0 aromatic rings. The van der Waals surface area contributed by atoms with Gasteiger partial charge in [-0.05, 0) is 6.42 Å². The predicted molar refractivity (Wildman–Crippen MR) is 55.5 cm³/mol. The monoisotopic (exact) mass is 217 g/mol. The molecule has 88 valence electrons. The molecule has 0 saturated heterocycles. The highest BCUT2D eigenvalue weighted by molar-refractivity contribution is 5.83. The lowest BCUT2D eigenvalue weighted by Gasteiger charge is -2.06. The molecule has 3 amide bonds. The van der Waals surface area contributed by atoms with Crippen LogP contribution in [0.15, 0.2) is 0 Å². The molecule has 0 unspecified atom stereocenters. The molecular formula is C9H19N3O3. The summed E-state index contributed by atoms with van der Waals surface area (Å²) < 4.78 is 0. The zero-order chi connectivity index (χ0) is 11.5. The van der Waals surface area contributed by atoms with Crippen molar-refractivity contribution in [1.82, 2.24) is 16.1 Å². The molecule has 0 radical (unpaired) electrons. The van der Waals surface area contributed by atoms with Gasteiger partial charge in [0, 0.05) is 6.54 Å². The summed E-state index contributed by atoms with van der Waals surface area (Å²) in [5, 5.41) is 13.1. The molecule has 6 nitrogen and oxygen atoms in total. The highest BCUT2D eigenvalue weighted by atomic mass is 16.5. The van der Waals surface area contributed by atoms with Crippen LogP contribution in [-0.4, -0.2) is 30.2 Å². The lowest BCUT2D eigenvalue weighted by molar-refractivity contribution is -0.128. The molecule has 0 bridgehead atoms. The number of hydrogen-bond acceptors (Lipinski definition) is 3. The number of unbranched alkanes of at least 4 members (excludes halogenated alkanes) is 3. The van der Waals surface area contributed by atoms with Gasteiger partial charge >= 0.3 is 6.03 Å². The minimum atomic E-state index is -0.642. The van der Waals surface area contributed by atoms with Gasteiger partial charge in [0.1, 0.15) is 6.54 Å². The van der Waals surface area contributed by atoms with Crippen LogP contribution in [0.4, 0.5) is 4.79 Å². The average molecular weight is 217 g/mol. The van der Waals surface area contributed by atoms with E-state index in [4.69, 9.17) is 5.21 Å². The Kier molecular flexibility index (Phi) is 8.46. The summed E-state index contributed by atoms with van der Waals surface area (Å²) in [6, 6.07) is -0.393. The molecule has 0 heterocycles. The van der Waals surface area contributed by atoms with Gasteiger partial charge in [-0.25, -0.2) is 10.3 Å². The van der Waals surface area contributed by atoms with Crippen LogP contribution in [0, 0.1) is 0 Å². The molecule has 0 aliphatic carbocycles. The van der Waals surface area contributed by atoms with Crippen LogP contribution in [-0.2, 0) is 4.79 Å². The van der Waals surface area contributed by atoms with Crippen molar-refractivity contribution in [3.05, 3.63) is 0 Å². The minimum Gasteiger partial charge on any atom is -0.338 e. The third kappa shape index (κ3) is 9.01. The predicted octanol–water partition coefficient (Wildman–Crippen LogP) is 0.371. The van der Waals surface area contributed by atoms with E-state index in [-0.39, 0.29) is 6.54 Å². The Labute approximate surface area is 89.4 Å². The third-order valence-corrected chi connectivity index (χ3v) is 1.85. The molecule has 0 atom stereocenters. The summed E-state index contributed by atoms with van der Waals surface area (Å²) in [7, 11) is 0. The Hall–Kier alpha value is -1.30. The molecule has 0 saturated carbocycles. The van der Waals surface area contributed by atoms with Crippen LogP contribution < -0.4 is 16.1 Å². The molecule has 0 aromatic heterocycles. The van der Waals surface area contributed by atoms with Gasteiger partial charge < -0.3 is 10.6 Å². The summed E-state index contributed by atoms with van der Waals surface area (Å²) in [4.78, 5) is 21.5. The largest absolute Gasteiger partial charge is 0.338 e. The second-order valence-corrected chi connectivity index (χ2v) is 3.21. The van der Waals surface area contributed by atoms with Crippen LogP contribution in [0.5, 0.6) is 0 Å². The Bertz CT molecular complexity index is 197. The molecule has 0 rings (SSSR count). The first-order chi connectivity index (χ1) is 7.20. The first kappa shape index (κ1) is 13.7. The van der Waals surface area contributed by atoms with Gasteiger partial charge in [-0.3, -0.25) is 10.0 Å². The quantitative estimate of drug-likeness (QED) is 0.282. The van der Waals surface area contributed by atoms with Gasteiger partial charge in [0.2, 0.25) is 0 Å². The zero-order valence-electron chi connectivity index (χ0n) is 9.01. The molecule has 0 aliphatic heterocycles. The Balaban J connectivity index is 3.30. The van der Waals surface area contributed by atoms with Crippen LogP contribution in [0.1, 0.15) is 32.6 Å². The molecule has 0 aromatic carbocycles. The number of rotatable bonds is 7. The molecule has 6 heteroatoms. The van der Waals surface area contributed by atoms with Crippen LogP contribution in [0.25, 0.3) is 0 Å². The van der Waals surface area contributed by atoms with E-state index in [1.165, 1.54) is 5.48 Å². The van der Waals surface area contributed by atoms with Crippen molar-refractivity contribution in [2.24, 2.45) is 0 Å². The summed E-state index contributed by atoms with van der Waals surface area (Å²) in [6.45, 7) is 2.50. The van der Waals surface area contributed by atoms with E-state index in [1.54, 1.807) is 0 Å². The van der Waals surface area contributed by atoms with Crippen LogP contribution in [0.3, 0.4) is 0 Å². The fraction of sp³-hybridized carbons (Fsp3) is 0.778. The molecule has 0 fully saturated rings. The molecule has 15 heavy (non-hydrogen) atoms. The van der Waals surface area contributed by atoms with E-state index < -0.39 is 11.9 Å². The van der Waals surface area contributed by atoms with Crippen molar-refractivity contribution >= 4 is 11.9 Å². The molecule has 4 N–H and O–H groups in total. The van der Waals surface area contributed by atoms with Crippen molar-refractivity contribution in [2.75, 3.05) is 13.1 Å². The third-order valence-electron chi connectivity index (χ3n) is 1.85. The normalized spacial score (nSPS) is 9.47. The van der Waals surface area contributed by atoms with E-state index in [0.29, 0.717) is 6.54 Å². The lowest BCUT2D eigenvalue weighted by Crippen LogP contribution is -2.41. The van der Waals surface area contributed by atoms with E-state index in [1.807, 2.05) is 0 Å². The fourth-order valence-corrected chi connectivity index (χ4v) is 1.02. The van der Waals surface area contributed by atoms with Gasteiger partial charge in [0.05, 0.1) is 0 Å². The lowest BCUT2D eigenvalue weighted by atomic mass is 10.2. The van der Waals surface area contributed by atoms with E-state index in [9.17, 15) is 9.59 Å². The molecule has 0 spiro atoms. The zero-order valence-corrected chi connectivity index (χ0v) is 9.01. The van der Waals surface area contributed by atoms with Crippen molar-refractivity contribution in [1.29, 1.82) is 0 Å². The van der Waals surface area contributed by atoms with Crippen molar-refractivity contribution in [2.45, 2.75) is 32.6 Å². The summed E-state index contributed by atoms with van der Waals surface area (Å²) in [5.41, 5.74) is 1.42. The molecular weight excluding hydrogens is 198 g/mol. The summed E-state index contributed by atoms with van der Waals surface area (Å²) in [6.07, 6.45) is 4.35. The number of hydrogen-bond donors (Lipinski definition) is 4. The van der Waals surface area contributed by atoms with Crippen molar-refractivity contribution in [3.8, 4) is 0 Å². The van der Waals surface area contributed by atoms with Gasteiger partial charge in [-0.15, -0.1) is 0 Å². The van der Waals surface area contributed by atoms with Gasteiger partial charge in [0.25, 0.3) is 5.91 Å². The summed E-state index contributed by atoms with van der Waals surface area (Å²) >= 11 is 0. The average Bonchev–Trinajstić information content (AvgIpc) is 2.25. The van der Waals surface area contributed by atoms with Gasteiger partial charge in [0.15, 0.2) is 0 Å². The van der Waals surface area contributed by atoms with E-state index >= 15 is 0 Å². The number of urea groups is 1. The SMILES string of the molecule is CCCCCCNC(=O)NCC(=O)NO. The Morgan fingerprint density at radius 1 is 1.13 bits per heavy atom. The maximum atomic E-state index is 11.0. The number of carbonyl (C=O) groups is 2. The highest BCUT2D eigenvalue weighted by Gasteiger charge is 2.02. The van der Waals surface area contributed by atoms with Crippen LogP contribution in [0.2, 0.25) is 0 Å². The second-order valence-electron chi connectivity index (χ2n) is 3.21. The maximum Gasteiger partial charge on any atom is 0.315 e. The van der Waals surface area contributed by atoms with Crippen LogP contribution >= 0.6 is 0 Å². The first-order valence-electron chi connectivity index (χ1n) is 5.15. The van der Waals surface area contributed by atoms with Crippen molar-refractivity contribution < 1.29 is 14.8 Å². The number of amides is 3. The minimum absolute atomic E-state index is 0.225. The number of nitrogens with one attached hydrogen (secondary N) is 3. The topological polar surface area (TPSA) is 90.5 Å². The highest BCUT2D eigenvalue weighted by Crippen LogP contribution is 1.96. The summed E-state index contributed by atoms with van der Waals surface area (Å²) in [5.74, 6) is -0.642. The second kappa shape index (κ2) is 9.26. The smallest absolute Gasteiger partial charge is 0.315 e. The number of carbonyl (C=O) groups excluding carboxylic acids is 2. The van der Waals surface area contributed by atoms with E-state index in [0.717, 1.165) is 25.7 Å². The number of hydroxylamine groups is 1. The van der Waals surface area contributed by atoms with Gasteiger partial charge in [-0.2, -0.15) is 0 Å². The van der Waals surface area contributed by atoms with Gasteiger partial charge in [-0.1, -0.05) is 26.2 Å². The standard InChI is InChI=1S/C9H19N3O3/c1-2-3-4-5-6-10-9(14)11-7-8(13)12-15/h15H,2-7H2,1H3,(H,12,13)(H2,10,11,14). The maximum absolute atomic E-state index is 11.0. The fourth-order valence-electron chi connectivity index (χ4n) is 1.02. The Morgan fingerprint density at radius 2 is 1.87 bits per heavy atom. The molecule has 0 aliphatic rings. The first-order valence-corrected chi connectivity index (χ1v) is 5.15.